The van der Waals surface area contributed by atoms with Crippen LogP contribution in [0.15, 0.2) is 39.1 Å². The first-order chi connectivity index (χ1) is 16.0. The molecule has 0 radical (unpaired) electrons. The number of hydrogen-bond acceptors (Lipinski definition) is 7. The summed E-state index contributed by atoms with van der Waals surface area (Å²) in [5.74, 6) is 6.32. The summed E-state index contributed by atoms with van der Waals surface area (Å²) >= 11 is 1.25. The van der Waals surface area contributed by atoms with Crippen LogP contribution >= 0.6 is 11.8 Å². The minimum Gasteiger partial charge on any atom is -0.462 e. The van der Waals surface area contributed by atoms with Gasteiger partial charge < -0.3 is 9.64 Å². The van der Waals surface area contributed by atoms with Crippen molar-refractivity contribution < 1.29 is 9.53 Å². The Bertz CT molecular complexity index is 1300. The van der Waals surface area contributed by atoms with Crippen LogP contribution in [0.4, 0.5) is 5.95 Å². The molecule has 8 nitrogen and oxygen atoms in total. The van der Waals surface area contributed by atoms with E-state index in [4.69, 9.17) is 14.7 Å². The maximum atomic E-state index is 13.4. The largest absolute Gasteiger partial charge is 0.462 e. The zero-order valence-electron chi connectivity index (χ0n) is 19.1. The van der Waals surface area contributed by atoms with E-state index in [-0.39, 0.29) is 12.2 Å². The summed E-state index contributed by atoms with van der Waals surface area (Å²) < 4.78 is 8.57. The molecule has 1 aromatic carbocycles. The third kappa shape index (κ3) is 4.62. The van der Waals surface area contributed by atoms with Crippen molar-refractivity contribution in [3.63, 3.8) is 0 Å². The van der Waals surface area contributed by atoms with Crippen LogP contribution in [0.5, 0.6) is 0 Å². The first kappa shape index (κ1) is 22.9. The van der Waals surface area contributed by atoms with E-state index in [1.165, 1.54) is 22.7 Å². The molecule has 2 aromatic heterocycles. The molecule has 4 rings (SSSR count). The first-order valence-electron chi connectivity index (χ1n) is 11.1. The summed E-state index contributed by atoms with van der Waals surface area (Å²) in [6.07, 6.45) is 3.39. The molecule has 0 unspecified atom stereocenters. The molecule has 1 aliphatic heterocycles. The lowest BCUT2D eigenvalue weighted by molar-refractivity contribution is 0.0522. The first-order valence-corrected chi connectivity index (χ1v) is 11.9. The SMILES string of the molecule is CC#CCn1c(N2CCCCC2)nc2nc(Sc3ccccc3C(=O)OCC)n(C)c(=O)c21. The number of aromatic nitrogens is 4. The summed E-state index contributed by atoms with van der Waals surface area (Å²) in [4.78, 5) is 38.2. The summed E-state index contributed by atoms with van der Waals surface area (Å²) in [6, 6.07) is 7.16. The van der Waals surface area contributed by atoms with Gasteiger partial charge in [0.05, 0.1) is 18.7 Å². The van der Waals surface area contributed by atoms with Gasteiger partial charge in [-0.3, -0.25) is 13.9 Å². The molecule has 33 heavy (non-hydrogen) atoms. The molecule has 1 aliphatic rings. The van der Waals surface area contributed by atoms with E-state index in [2.05, 4.69) is 16.7 Å². The second-order valence-electron chi connectivity index (χ2n) is 7.72. The molecule has 1 saturated heterocycles. The molecular formula is C24H27N5O3S. The quantitative estimate of drug-likeness (QED) is 0.313. The highest BCUT2D eigenvalue weighted by molar-refractivity contribution is 7.99. The van der Waals surface area contributed by atoms with Gasteiger partial charge in [0, 0.05) is 25.0 Å². The number of anilines is 1. The van der Waals surface area contributed by atoms with Crippen molar-refractivity contribution in [3.05, 3.63) is 40.2 Å². The van der Waals surface area contributed by atoms with Crippen molar-refractivity contribution in [2.45, 2.75) is 49.7 Å². The molecule has 0 bridgehead atoms. The Labute approximate surface area is 197 Å². The van der Waals surface area contributed by atoms with Gasteiger partial charge in [0.2, 0.25) is 5.95 Å². The van der Waals surface area contributed by atoms with E-state index in [1.54, 1.807) is 33.0 Å². The molecule has 0 N–H and O–H groups in total. The Morgan fingerprint density at radius 1 is 1.18 bits per heavy atom. The molecule has 0 spiro atoms. The molecule has 9 heteroatoms. The zero-order valence-corrected chi connectivity index (χ0v) is 19.9. The van der Waals surface area contributed by atoms with Gasteiger partial charge in [0.25, 0.3) is 5.56 Å². The topological polar surface area (TPSA) is 82.2 Å². The predicted octanol–water partition coefficient (Wildman–Crippen LogP) is 3.47. The van der Waals surface area contributed by atoms with E-state index in [0.29, 0.717) is 33.3 Å². The Morgan fingerprint density at radius 2 is 1.94 bits per heavy atom. The van der Waals surface area contributed by atoms with Crippen molar-refractivity contribution in [1.82, 2.24) is 19.1 Å². The van der Waals surface area contributed by atoms with Gasteiger partial charge >= 0.3 is 5.97 Å². The number of nitrogens with zero attached hydrogens (tertiary/aromatic N) is 5. The van der Waals surface area contributed by atoms with Crippen LogP contribution < -0.4 is 10.5 Å². The monoisotopic (exact) mass is 465 g/mol. The van der Waals surface area contributed by atoms with Crippen molar-refractivity contribution >= 4 is 34.8 Å². The smallest absolute Gasteiger partial charge is 0.339 e. The van der Waals surface area contributed by atoms with Crippen LogP contribution in [0.1, 0.15) is 43.5 Å². The molecule has 172 valence electrons. The Kier molecular flexibility index (Phi) is 7.04. The minimum absolute atomic E-state index is 0.190. The number of benzene rings is 1. The lowest BCUT2D eigenvalue weighted by Crippen LogP contribution is -2.32. The highest BCUT2D eigenvalue weighted by atomic mass is 32.2. The van der Waals surface area contributed by atoms with E-state index >= 15 is 0 Å². The highest BCUT2D eigenvalue weighted by Crippen LogP contribution is 2.30. The van der Waals surface area contributed by atoms with Crippen molar-refractivity contribution in [2.75, 3.05) is 24.6 Å². The molecule has 0 amide bonds. The van der Waals surface area contributed by atoms with E-state index in [9.17, 15) is 9.59 Å². The van der Waals surface area contributed by atoms with E-state index in [1.807, 2.05) is 16.7 Å². The number of carbonyl (C=O) groups excluding carboxylic acids is 1. The average molecular weight is 466 g/mol. The number of piperidine rings is 1. The molecule has 3 aromatic rings. The predicted molar refractivity (Wildman–Crippen MR) is 129 cm³/mol. The number of hydrogen-bond donors (Lipinski definition) is 0. The highest BCUT2D eigenvalue weighted by Gasteiger charge is 2.24. The lowest BCUT2D eigenvalue weighted by Gasteiger charge is -2.27. The molecule has 3 heterocycles. The van der Waals surface area contributed by atoms with Crippen molar-refractivity contribution in [1.29, 1.82) is 0 Å². The zero-order chi connectivity index (χ0) is 23.4. The standard InChI is InChI=1S/C24H27N5O3S/c1-4-6-16-29-19-20(25-23(29)28-14-10-7-11-15-28)26-24(27(3)21(19)30)33-18-13-9-8-12-17(18)22(31)32-5-2/h8-9,12-13H,5,7,10-11,14-16H2,1-3H3. The summed E-state index contributed by atoms with van der Waals surface area (Å²) in [6.45, 7) is 6.03. The van der Waals surface area contributed by atoms with Crippen LogP contribution in [-0.2, 0) is 18.3 Å². The fraction of sp³-hybridized carbons (Fsp3) is 0.417. The lowest BCUT2D eigenvalue weighted by atomic mass is 10.1. The minimum atomic E-state index is -0.401. The van der Waals surface area contributed by atoms with Gasteiger partial charge in [-0.25, -0.2) is 9.78 Å². The number of fused-ring (bicyclic) bond motifs is 1. The summed E-state index contributed by atoms with van der Waals surface area (Å²) in [5, 5.41) is 0.459. The normalized spacial score (nSPS) is 13.6. The van der Waals surface area contributed by atoms with Crippen LogP contribution in [-0.4, -0.2) is 44.8 Å². The van der Waals surface area contributed by atoms with Crippen LogP contribution in [0.3, 0.4) is 0 Å². The average Bonchev–Trinajstić information content (AvgIpc) is 3.20. The van der Waals surface area contributed by atoms with Gasteiger partial charge in [0.1, 0.15) is 0 Å². The molecule has 1 fully saturated rings. The van der Waals surface area contributed by atoms with Gasteiger partial charge in [-0.05, 0) is 45.2 Å². The van der Waals surface area contributed by atoms with E-state index in [0.717, 1.165) is 31.9 Å². The van der Waals surface area contributed by atoms with Gasteiger partial charge in [-0.1, -0.05) is 29.8 Å². The van der Waals surface area contributed by atoms with Gasteiger partial charge in [-0.15, -0.1) is 5.92 Å². The second-order valence-corrected chi connectivity index (χ2v) is 8.73. The van der Waals surface area contributed by atoms with Crippen LogP contribution in [0, 0.1) is 11.8 Å². The number of carbonyl (C=O) groups is 1. The van der Waals surface area contributed by atoms with Crippen LogP contribution in [0.2, 0.25) is 0 Å². The summed E-state index contributed by atoms with van der Waals surface area (Å²) in [7, 11) is 1.69. The molecule has 0 aliphatic carbocycles. The Hall–Kier alpha value is -3.25. The second kappa shape index (κ2) is 10.1. The van der Waals surface area contributed by atoms with Crippen molar-refractivity contribution in [3.8, 4) is 11.8 Å². The number of rotatable bonds is 6. The third-order valence-electron chi connectivity index (χ3n) is 5.56. The Morgan fingerprint density at radius 3 is 2.67 bits per heavy atom. The van der Waals surface area contributed by atoms with Gasteiger partial charge in [0.15, 0.2) is 16.3 Å². The third-order valence-corrected chi connectivity index (χ3v) is 6.68. The van der Waals surface area contributed by atoms with Gasteiger partial charge in [-0.2, -0.15) is 4.98 Å². The van der Waals surface area contributed by atoms with E-state index < -0.39 is 5.97 Å². The summed E-state index contributed by atoms with van der Waals surface area (Å²) in [5.41, 5.74) is 1.10. The fourth-order valence-electron chi connectivity index (χ4n) is 3.90. The van der Waals surface area contributed by atoms with Crippen LogP contribution in [0.25, 0.3) is 11.2 Å². The fourth-order valence-corrected chi connectivity index (χ4v) is 4.85. The number of ether oxygens (including phenoxy) is 1. The maximum Gasteiger partial charge on any atom is 0.339 e. The number of imidazole rings is 1. The van der Waals surface area contributed by atoms with Crippen molar-refractivity contribution in [2.24, 2.45) is 7.05 Å². The molecule has 0 saturated carbocycles. The molecule has 0 atom stereocenters. The molecular weight excluding hydrogens is 438 g/mol. The number of esters is 1. The maximum absolute atomic E-state index is 13.4. The Balaban J connectivity index is 1.81.